The summed E-state index contributed by atoms with van der Waals surface area (Å²) in [5, 5.41) is 0. The molecule has 0 aliphatic heterocycles. The molecule has 298 valence electrons. The molecule has 0 bridgehead atoms. The third-order valence-electron chi connectivity index (χ3n) is 8.25. The van der Waals surface area contributed by atoms with Gasteiger partial charge in [0.1, 0.15) is 6.61 Å². The number of rotatable bonds is 36. The molecular weight excluding hydrogens is 675 g/mol. The van der Waals surface area contributed by atoms with E-state index in [1.54, 1.807) is 0 Å². The third-order valence-corrected chi connectivity index (χ3v) is 8.74. The van der Waals surface area contributed by atoms with Gasteiger partial charge < -0.3 is 19.3 Å². The van der Waals surface area contributed by atoms with Crippen molar-refractivity contribution in [2.24, 2.45) is 0 Å². The van der Waals surface area contributed by atoms with E-state index in [-0.39, 0.29) is 19.4 Å². The zero-order valence-electron chi connectivity index (χ0n) is 32.7. The predicted molar refractivity (Wildman–Crippen MR) is 216 cm³/mol. The van der Waals surface area contributed by atoms with Crippen LogP contribution in [0.3, 0.4) is 0 Å². The van der Waals surface area contributed by atoms with Gasteiger partial charge in [0.25, 0.3) is 0 Å². The molecule has 1 unspecified atom stereocenters. The molecule has 0 aromatic rings. The monoisotopic (exact) mass is 749 g/mol. The van der Waals surface area contributed by atoms with Crippen molar-refractivity contribution in [2.75, 3.05) is 13.2 Å². The summed E-state index contributed by atoms with van der Waals surface area (Å²) >= 11 is 0. The van der Waals surface area contributed by atoms with Crippen LogP contribution in [0.4, 0.5) is 0 Å². The van der Waals surface area contributed by atoms with Gasteiger partial charge in [0.05, 0.1) is 6.61 Å². The smallest absolute Gasteiger partial charge is 0.462 e. The molecule has 0 saturated carbocycles. The standard InChI is InChI=1S/C43H73O8P/c1-3-5-7-9-11-13-15-17-19-20-21-22-24-26-28-30-32-34-36-38-43(45)51-41(40-50-52(46,47)48)39-49-42(44)37-35-33-31-29-27-25-23-18-16-14-12-10-8-6-4-2/h5,7,11,13,17,19,21-22,26,28,32,34,41H,3-4,6,8-10,12,14-16,18,20,23-25,27,29-31,33,35-40H2,1-2H3,(H2,46,47,48). The van der Waals surface area contributed by atoms with Gasteiger partial charge in [-0.05, 0) is 51.4 Å². The van der Waals surface area contributed by atoms with E-state index in [9.17, 15) is 14.2 Å². The molecule has 0 aliphatic rings. The number of carbonyl (C=O) groups is 2. The Kier molecular flexibility index (Phi) is 36.4. The largest absolute Gasteiger partial charge is 0.469 e. The first-order chi connectivity index (χ1) is 25.3. The van der Waals surface area contributed by atoms with E-state index in [1.165, 1.54) is 77.0 Å². The van der Waals surface area contributed by atoms with E-state index in [1.807, 2.05) is 12.2 Å². The second kappa shape index (κ2) is 38.2. The second-order valence-corrected chi connectivity index (χ2v) is 14.5. The molecule has 0 saturated heterocycles. The Morgan fingerprint density at radius 1 is 0.519 bits per heavy atom. The fraction of sp³-hybridized carbons (Fsp3) is 0.674. The quantitative estimate of drug-likeness (QED) is 0.0281. The summed E-state index contributed by atoms with van der Waals surface area (Å²) in [5.74, 6) is -0.984. The van der Waals surface area contributed by atoms with Crippen molar-refractivity contribution in [3.05, 3.63) is 72.9 Å². The second-order valence-electron chi connectivity index (χ2n) is 13.2. The normalized spacial score (nSPS) is 13.2. The molecule has 0 heterocycles. The van der Waals surface area contributed by atoms with Crippen molar-refractivity contribution in [1.82, 2.24) is 0 Å². The van der Waals surface area contributed by atoms with E-state index >= 15 is 0 Å². The first-order valence-corrected chi connectivity index (χ1v) is 21.8. The molecule has 0 aromatic carbocycles. The highest BCUT2D eigenvalue weighted by Crippen LogP contribution is 2.36. The Labute approximate surface area is 317 Å². The van der Waals surface area contributed by atoms with Crippen molar-refractivity contribution in [3.8, 4) is 0 Å². The molecule has 0 spiro atoms. The van der Waals surface area contributed by atoms with E-state index in [0.717, 1.165) is 51.4 Å². The van der Waals surface area contributed by atoms with Gasteiger partial charge in [-0.3, -0.25) is 14.1 Å². The lowest BCUT2D eigenvalue weighted by atomic mass is 10.0. The molecule has 0 amide bonds. The van der Waals surface area contributed by atoms with Crippen molar-refractivity contribution < 1.29 is 37.9 Å². The highest BCUT2D eigenvalue weighted by Gasteiger charge is 2.22. The average molecular weight is 749 g/mol. The number of hydrogen-bond acceptors (Lipinski definition) is 6. The summed E-state index contributed by atoms with van der Waals surface area (Å²) in [6.07, 6.45) is 49.2. The first kappa shape index (κ1) is 49.5. The Morgan fingerprint density at radius 3 is 1.35 bits per heavy atom. The molecule has 52 heavy (non-hydrogen) atoms. The molecule has 0 fully saturated rings. The lowest BCUT2D eigenvalue weighted by Gasteiger charge is -2.18. The van der Waals surface area contributed by atoms with Crippen LogP contribution >= 0.6 is 7.82 Å². The van der Waals surface area contributed by atoms with Crippen LogP contribution in [0.5, 0.6) is 0 Å². The molecule has 0 radical (unpaired) electrons. The van der Waals surface area contributed by atoms with Crippen LogP contribution in [0, 0.1) is 0 Å². The minimum atomic E-state index is -4.77. The van der Waals surface area contributed by atoms with Gasteiger partial charge in [0.15, 0.2) is 6.10 Å². The lowest BCUT2D eigenvalue weighted by Crippen LogP contribution is -2.29. The zero-order chi connectivity index (χ0) is 38.2. The number of ether oxygens (including phenoxy) is 2. The van der Waals surface area contributed by atoms with Crippen LogP contribution in [-0.2, 0) is 28.2 Å². The Bertz CT molecular complexity index is 1070. The predicted octanol–water partition coefficient (Wildman–Crippen LogP) is 12.3. The molecule has 8 nitrogen and oxygen atoms in total. The summed E-state index contributed by atoms with van der Waals surface area (Å²) in [7, 11) is -4.77. The third kappa shape index (κ3) is 40.3. The van der Waals surface area contributed by atoms with Crippen LogP contribution < -0.4 is 0 Å². The maximum Gasteiger partial charge on any atom is 0.469 e. The number of hydrogen-bond donors (Lipinski definition) is 2. The minimum absolute atomic E-state index is 0.0850. The van der Waals surface area contributed by atoms with E-state index in [2.05, 4.69) is 79.1 Å². The van der Waals surface area contributed by atoms with Gasteiger partial charge in [0, 0.05) is 12.8 Å². The number of unbranched alkanes of at least 4 members (excludes halogenated alkanes) is 14. The fourth-order valence-electron chi connectivity index (χ4n) is 5.28. The Balaban J connectivity index is 4.08. The van der Waals surface area contributed by atoms with Crippen LogP contribution in [0.25, 0.3) is 0 Å². The summed E-state index contributed by atoms with van der Waals surface area (Å²) in [4.78, 5) is 42.8. The van der Waals surface area contributed by atoms with Crippen molar-refractivity contribution >= 4 is 19.8 Å². The highest BCUT2D eigenvalue weighted by molar-refractivity contribution is 7.46. The Hall–Kier alpha value is -2.51. The van der Waals surface area contributed by atoms with E-state index in [0.29, 0.717) is 12.8 Å². The van der Waals surface area contributed by atoms with Crippen molar-refractivity contribution in [3.63, 3.8) is 0 Å². The Morgan fingerprint density at radius 2 is 0.923 bits per heavy atom. The minimum Gasteiger partial charge on any atom is -0.462 e. The molecular formula is C43H73O8P. The first-order valence-electron chi connectivity index (χ1n) is 20.2. The molecule has 0 aromatic heterocycles. The SMILES string of the molecule is CCC=CCC=CCC=CCC=CCC=CCC=CCCC(=O)OC(COC(=O)CCCCCCCCCCCCCCCCC)COP(=O)(O)O. The van der Waals surface area contributed by atoms with Gasteiger partial charge in [-0.1, -0.05) is 177 Å². The number of esters is 2. The number of phosphoric acid groups is 1. The molecule has 2 N–H and O–H groups in total. The summed E-state index contributed by atoms with van der Waals surface area (Å²) in [6.45, 7) is 3.50. The molecule has 0 rings (SSSR count). The maximum absolute atomic E-state index is 12.4. The number of allylic oxidation sites excluding steroid dienone is 12. The summed E-state index contributed by atoms with van der Waals surface area (Å²) in [6, 6.07) is 0. The molecule has 1 atom stereocenters. The van der Waals surface area contributed by atoms with Gasteiger partial charge in [-0.2, -0.15) is 0 Å². The molecule has 9 heteroatoms. The number of phosphoric ester groups is 1. The van der Waals surface area contributed by atoms with E-state index < -0.39 is 32.5 Å². The van der Waals surface area contributed by atoms with Crippen LogP contribution in [0.1, 0.15) is 168 Å². The zero-order valence-corrected chi connectivity index (χ0v) is 33.6. The van der Waals surface area contributed by atoms with Crippen molar-refractivity contribution in [1.29, 1.82) is 0 Å². The topological polar surface area (TPSA) is 119 Å². The van der Waals surface area contributed by atoms with Crippen LogP contribution in [0.2, 0.25) is 0 Å². The highest BCUT2D eigenvalue weighted by atomic mass is 31.2. The van der Waals surface area contributed by atoms with Crippen molar-refractivity contribution in [2.45, 2.75) is 174 Å². The van der Waals surface area contributed by atoms with E-state index in [4.69, 9.17) is 19.3 Å². The lowest BCUT2D eigenvalue weighted by molar-refractivity contribution is -0.161. The summed E-state index contributed by atoms with van der Waals surface area (Å²) < 4.78 is 26.3. The summed E-state index contributed by atoms with van der Waals surface area (Å²) in [5.41, 5.74) is 0. The van der Waals surface area contributed by atoms with Gasteiger partial charge in [-0.25, -0.2) is 4.57 Å². The average Bonchev–Trinajstić information content (AvgIpc) is 3.11. The van der Waals surface area contributed by atoms with Gasteiger partial charge >= 0.3 is 19.8 Å². The maximum atomic E-state index is 12.4. The fourth-order valence-corrected chi connectivity index (χ4v) is 5.64. The molecule has 0 aliphatic carbocycles. The van der Waals surface area contributed by atoms with Crippen LogP contribution in [0.15, 0.2) is 72.9 Å². The van der Waals surface area contributed by atoms with Gasteiger partial charge in [0.2, 0.25) is 0 Å². The van der Waals surface area contributed by atoms with Gasteiger partial charge in [-0.15, -0.1) is 0 Å². The van der Waals surface area contributed by atoms with Crippen LogP contribution in [-0.4, -0.2) is 41.0 Å². The number of carbonyl (C=O) groups excluding carboxylic acids is 2.